The van der Waals surface area contributed by atoms with E-state index in [2.05, 4.69) is 15.5 Å². The molecule has 2 aromatic heterocycles. The molecule has 246 valence electrons. The summed E-state index contributed by atoms with van der Waals surface area (Å²) < 4.78 is 18.6. The highest BCUT2D eigenvalue weighted by atomic mass is 32.2. The van der Waals surface area contributed by atoms with Gasteiger partial charge in [-0.05, 0) is 52.9 Å². The lowest BCUT2D eigenvalue weighted by Gasteiger charge is -2.24. The molecule has 48 heavy (non-hydrogen) atoms. The number of rotatable bonds is 13. The lowest BCUT2D eigenvalue weighted by atomic mass is 9.97. The average molecular weight is 683 g/mol. The first kappa shape index (κ1) is 32.8. The Balaban J connectivity index is 1.26. The van der Waals surface area contributed by atoms with E-state index in [0.29, 0.717) is 40.3 Å². The molecule has 0 spiro atoms. The van der Waals surface area contributed by atoms with E-state index in [1.54, 1.807) is 27.4 Å². The highest BCUT2D eigenvalue weighted by Gasteiger charge is 2.36. The van der Waals surface area contributed by atoms with Crippen molar-refractivity contribution in [2.24, 2.45) is 5.10 Å². The van der Waals surface area contributed by atoms with Gasteiger partial charge in [0.2, 0.25) is 0 Å². The maximum Gasteiger partial charge on any atom is 0.261 e. The van der Waals surface area contributed by atoms with Crippen molar-refractivity contribution in [3.05, 3.63) is 118 Å². The van der Waals surface area contributed by atoms with Gasteiger partial charge in [-0.3, -0.25) is 9.59 Å². The maximum atomic E-state index is 14.0. The number of hydrogen-bond donors (Lipinski definition) is 1. The highest BCUT2D eigenvalue weighted by Crippen LogP contribution is 2.42. The predicted molar refractivity (Wildman–Crippen MR) is 185 cm³/mol. The zero-order valence-corrected chi connectivity index (χ0v) is 28.3. The first-order chi connectivity index (χ1) is 23.5. The average Bonchev–Trinajstić information content (AvgIpc) is 3.91. The minimum Gasteiger partial charge on any atom is -0.497 e. The molecule has 0 bridgehead atoms. The van der Waals surface area contributed by atoms with Gasteiger partial charge < -0.3 is 24.1 Å². The number of thiophene rings is 1. The molecule has 1 unspecified atom stereocenters. The minimum atomic E-state index is -0.425. The van der Waals surface area contributed by atoms with Crippen LogP contribution in [0.4, 0.5) is 0 Å². The topological polar surface area (TPSA) is 120 Å². The molecule has 0 saturated carbocycles. The maximum absolute atomic E-state index is 14.0. The normalized spacial score (nSPS) is 14.0. The minimum absolute atomic E-state index is 0.0522. The molecule has 3 aromatic carbocycles. The van der Waals surface area contributed by atoms with Crippen LogP contribution >= 0.6 is 23.1 Å². The molecule has 6 rings (SSSR count). The zero-order chi connectivity index (χ0) is 33.5. The number of nitrogens with zero attached hydrogens (tertiary/aromatic N) is 5. The highest BCUT2D eigenvalue weighted by molar-refractivity contribution is 7.99. The van der Waals surface area contributed by atoms with E-state index in [0.717, 1.165) is 28.2 Å². The Kier molecular flexibility index (Phi) is 10.4. The van der Waals surface area contributed by atoms with E-state index >= 15 is 0 Å². The van der Waals surface area contributed by atoms with Crippen LogP contribution in [0.15, 0.2) is 101 Å². The molecular formula is C35H34N6O5S2. The number of ether oxygens (including phenoxy) is 3. The zero-order valence-electron chi connectivity index (χ0n) is 26.7. The number of methoxy groups -OCH3 is 3. The lowest BCUT2D eigenvalue weighted by molar-refractivity contribution is -0.130. The quantitative estimate of drug-likeness (QED) is 0.155. The second-order valence-corrected chi connectivity index (χ2v) is 12.6. The summed E-state index contributed by atoms with van der Waals surface area (Å²) in [7, 11) is 4.79. The number of thioether (sulfide) groups is 1. The number of nitrogens with one attached hydrogen (secondary N) is 1. The van der Waals surface area contributed by atoms with E-state index < -0.39 is 6.04 Å². The largest absolute Gasteiger partial charge is 0.497 e. The number of benzene rings is 3. The molecule has 5 aromatic rings. The smallest absolute Gasteiger partial charge is 0.261 e. The lowest BCUT2D eigenvalue weighted by Crippen LogP contribution is -2.29. The van der Waals surface area contributed by atoms with Crippen LogP contribution in [0, 0.1) is 0 Å². The van der Waals surface area contributed by atoms with Crippen molar-refractivity contribution < 1.29 is 23.8 Å². The van der Waals surface area contributed by atoms with Crippen LogP contribution in [-0.2, 0) is 17.9 Å². The summed E-state index contributed by atoms with van der Waals surface area (Å²) in [6, 6.07) is 26.3. The van der Waals surface area contributed by atoms with Crippen LogP contribution in [0.1, 0.15) is 44.6 Å². The van der Waals surface area contributed by atoms with Gasteiger partial charge in [0.15, 0.2) is 22.5 Å². The molecular weight excluding hydrogens is 649 g/mol. The number of hydrazone groups is 1. The molecule has 1 N–H and O–H groups in total. The van der Waals surface area contributed by atoms with Crippen molar-refractivity contribution in [3.63, 3.8) is 0 Å². The third-order valence-electron chi connectivity index (χ3n) is 7.84. The Morgan fingerprint density at radius 1 is 0.917 bits per heavy atom. The molecule has 0 saturated heterocycles. The van der Waals surface area contributed by atoms with Crippen LogP contribution in [0.2, 0.25) is 0 Å². The predicted octanol–water partition coefficient (Wildman–Crippen LogP) is 5.81. The van der Waals surface area contributed by atoms with Crippen molar-refractivity contribution in [1.82, 2.24) is 25.1 Å². The molecule has 2 amide bonds. The summed E-state index contributed by atoms with van der Waals surface area (Å²) in [5, 5.41) is 20.6. The van der Waals surface area contributed by atoms with Gasteiger partial charge in [-0.2, -0.15) is 5.10 Å². The van der Waals surface area contributed by atoms with Gasteiger partial charge >= 0.3 is 0 Å². The summed E-state index contributed by atoms with van der Waals surface area (Å²) in [6.07, 6.45) is 0.477. The molecule has 0 fully saturated rings. The Labute approximate surface area is 286 Å². The fourth-order valence-electron chi connectivity index (χ4n) is 5.44. The number of aromatic nitrogens is 3. The van der Waals surface area contributed by atoms with E-state index in [1.807, 2.05) is 88.8 Å². The first-order valence-corrected chi connectivity index (χ1v) is 17.0. The molecule has 0 radical (unpaired) electrons. The molecule has 0 aliphatic carbocycles. The van der Waals surface area contributed by atoms with Gasteiger partial charge in [0, 0.05) is 12.0 Å². The van der Waals surface area contributed by atoms with Gasteiger partial charge in [0.1, 0.15) is 5.75 Å². The summed E-state index contributed by atoms with van der Waals surface area (Å²) in [4.78, 5) is 27.3. The Morgan fingerprint density at radius 3 is 2.44 bits per heavy atom. The Bertz CT molecular complexity index is 1890. The third-order valence-corrected chi connectivity index (χ3v) is 9.66. The van der Waals surface area contributed by atoms with E-state index in [-0.39, 0.29) is 24.1 Å². The van der Waals surface area contributed by atoms with Crippen molar-refractivity contribution in [2.75, 3.05) is 27.1 Å². The standard InChI is InChI=1S/C35H34N6O5S2/c1-44-25-16-14-24(15-17-25)27-19-28(26-11-7-12-29(45-2)33(26)46-3)41(39-27)32(42)22-48-35-38-37-31(20-36-34(43)30-13-8-18-47-30)40(35)21-23-9-5-4-6-10-23/h4-18,28H,19-22H2,1-3H3,(H,36,43). The van der Waals surface area contributed by atoms with Crippen molar-refractivity contribution in [1.29, 1.82) is 0 Å². The fourth-order valence-corrected chi connectivity index (χ4v) is 6.89. The second-order valence-electron chi connectivity index (χ2n) is 10.7. The SMILES string of the molecule is COc1ccc(C2=NN(C(=O)CSc3nnc(CNC(=O)c4cccs4)n3Cc3ccccc3)C(c3cccc(OC)c3OC)C2)cc1. The van der Waals surface area contributed by atoms with Crippen molar-refractivity contribution in [3.8, 4) is 17.2 Å². The van der Waals surface area contributed by atoms with Gasteiger partial charge in [-0.15, -0.1) is 21.5 Å². The fraction of sp³-hybridized carbons (Fsp3) is 0.229. The molecule has 1 aliphatic heterocycles. The molecule has 1 atom stereocenters. The first-order valence-electron chi connectivity index (χ1n) is 15.1. The van der Waals surface area contributed by atoms with Crippen LogP contribution in [0.5, 0.6) is 17.2 Å². The van der Waals surface area contributed by atoms with Gasteiger partial charge in [-0.1, -0.05) is 60.3 Å². The third kappa shape index (κ3) is 7.21. The van der Waals surface area contributed by atoms with E-state index in [4.69, 9.17) is 19.3 Å². The number of carbonyl (C=O) groups excluding carboxylic acids is 2. The Morgan fingerprint density at radius 2 is 1.73 bits per heavy atom. The molecule has 13 heteroatoms. The van der Waals surface area contributed by atoms with Crippen LogP contribution in [0.3, 0.4) is 0 Å². The molecule has 1 aliphatic rings. The van der Waals surface area contributed by atoms with Crippen LogP contribution < -0.4 is 19.5 Å². The summed E-state index contributed by atoms with van der Waals surface area (Å²) >= 11 is 2.65. The van der Waals surface area contributed by atoms with E-state index in [1.165, 1.54) is 28.1 Å². The summed E-state index contributed by atoms with van der Waals surface area (Å²) in [5.74, 6) is 2.11. The van der Waals surface area contributed by atoms with Crippen molar-refractivity contribution in [2.45, 2.75) is 30.7 Å². The van der Waals surface area contributed by atoms with Crippen molar-refractivity contribution >= 4 is 40.6 Å². The summed E-state index contributed by atoms with van der Waals surface area (Å²) in [6.45, 7) is 0.659. The number of carbonyl (C=O) groups is 2. The number of hydrogen-bond acceptors (Lipinski definition) is 10. The van der Waals surface area contributed by atoms with Gasteiger partial charge in [-0.25, -0.2) is 5.01 Å². The number of para-hydroxylation sites is 1. The monoisotopic (exact) mass is 682 g/mol. The molecule has 11 nitrogen and oxygen atoms in total. The number of amides is 2. The van der Waals surface area contributed by atoms with Gasteiger partial charge in [0.25, 0.3) is 11.8 Å². The molecule has 3 heterocycles. The second kappa shape index (κ2) is 15.2. The summed E-state index contributed by atoms with van der Waals surface area (Å²) in [5.41, 5.74) is 3.48. The Hall–Kier alpha value is -5.14. The van der Waals surface area contributed by atoms with Crippen LogP contribution in [0.25, 0.3) is 0 Å². The van der Waals surface area contributed by atoms with E-state index in [9.17, 15) is 9.59 Å². The van der Waals surface area contributed by atoms with Crippen LogP contribution in [-0.4, -0.2) is 64.4 Å². The van der Waals surface area contributed by atoms with Gasteiger partial charge in [0.05, 0.1) is 56.8 Å².